The van der Waals surface area contributed by atoms with Crippen LogP contribution >= 0.6 is 23.0 Å². The molecule has 1 atom stereocenters. The summed E-state index contributed by atoms with van der Waals surface area (Å²) in [6, 6.07) is 9.69. The maximum Gasteiger partial charge on any atom is 0.410 e. The smallest absolute Gasteiger partial charge is 0.410 e. The number of ether oxygens (including phenoxy) is 1. The predicted molar refractivity (Wildman–Crippen MR) is 118 cm³/mol. The van der Waals surface area contributed by atoms with Crippen LogP contribution in [0.15, 0.2) is 30.3 Å². The molecule has 1 amide bonds. The van der Waals surface area contributed by atoms with Crippen molar-refractivity contribution in [2.24, 2.45) is 5.92 Å². The second-order valence-electron chi connectivity index (χ2n) is 8.33. The minimum Gasteiger partial charge on any atom is -0.444 e. The highest BCUT2D eigenvalue weighted by Gasteiger charge is 2.31. The molecule has 5 nitrogen and oxygen atoms in total. The van der Waals surface area contributed by atoms with E-state index in [0.717, 1.165) is 34.9 Å². The Labute approximate surface area is 180 Å². The zero-order valence-electron chi connectivity index (χ0n) is 16.8. The Hall–Kier alpha value is -1.83. The first kappa shape index (κ1) is 20.9. The van der Waals surface area contributed by atoms with Crippen molar-refractivity contribution in [2.45, 2.75) is 46.1 Å². The summed E-state index contributed by atoms with van der Waals surface area (Å²) in [4.78, 5) is 27.1. The van der Waals surface area contributed by atoms with Gasteiger partial charge in [-0.1, -0.05) is 18.2 Å². The van der Waals surface area contributed by atoms with E-state index in [1.54, 1.807) is 4.90 Å². The van der Waals surface area contributed by atoms with Crippen molar-refractivity contribution >= 4 is 45.7 Å². The molecule has 2 aromatic rings. The maximum absolute atomic E-state index is 13.1. The van der Waals surface area contributed by atoms with Gasteiger partial charge in [0.1, 0.15) is 11.4 Å². The van der Waals surface area contributed by atoms with Crippen LogP contribution < -0.4 is 3.07 Å². The van der Waals surface area contributed by atoms with Crippen molar-refractivity contribution < 1.29 is 17.4 Å². The molecule has 0 saturated carbocycles. The number of amides is 1. The monoisotopic (exact) mass is 495 g/mol. The number of carbonyl (C=O) groups is 2. The van der Waals surface area contributed by atoms with Crippen molar-refractivity contribution in [3.63, 3.8) is 0 Å². The Balaban J connectivity index is 1.78. The van der Waals surface area contributed by atoms with Gasteiger partial charge in [0.25, 0.3) is 0 Å². The van der Waals surface area contributed by atoms with Gasteiger partial charge >= 0.3 is 6.09 Å². The number of likely N-dealkylation sites (tertiary alicyclic amines) is 1. The van der Waals surface area contributed by atoms with Crippen LogP contribution in [0.5, 0.6) is 5.75 Å². The highest BCUT2D eigenvalue weighted by Crippen LogP contribution is 2.30. The van der Waals surface area contributed by atoms with E-state index in [9.17, 15) is 9.59 Å². The highest BCUT2D eigenvalue weighted by atomic mass is 127. The average molecular weight is 495 g/mol. The molecule has 6 heteroatoms. The Kier molecular flexibility index (Phi) is 6.17. The molecule has 1 saturated heterocycles. The quantitative estimate of drug-likeness (QED) is 0.405. The molecule has 2 aromatic carbocycles. The molecular weight excluding hydrogens is 469 g/mol. The third kappa shape index (κ3) is 4.59. The van der Waals surface area contributed by atoms with Gasteiger partial charge in [-0.15, -0.1) is 0 Å². The number of benzene rings is 2. The predicted octanol–water partition coefficient (Wildman–Crippen LogP) is 5.71. The van der Waals surface area contributed by atoms with Gasteiger partial charge in [0, 0.05) is 24.6 Å². The molecule has 1 unspecified atom stereocenters. The molecule has 150 valence electrons. The molecule has 28 heavy (non-hydrogen) atoms. The van der Waals surface area contributed by atoms with E-state index in [2.05, 4.69) is 0 Å². The fourth-order valence-electron chi connectivity index (χ4n) is 3.62. The van der Waals surface area contributed by atoms with Crippen LogP contribution in [0, 0.1) is 12.8 Å². The SMILES string of the molecule is Cc1c(OI)ccc2cc(C(=O)C3CCCN(C(=O)OC(C)(C)C)C3)ccc12. The lowest BCUT2D eigenvalue weighted by Crippen LogP contribution is -2.44. The summed E-state index contributed by atoms with van der Waals surface area (Å²) in [5.41, 5.74) is 1.20. The van der Waals surface area contributed by atoms with Gasteiger partial charge in [0.15, 0.2) is 28.8 Å². The van der Waals surface area contributed by atoms with E-state index in [0.29, 0.717) is 18.7 Å². The second-order valence-corrected chi connectivity index (χ2v) is 8.77. The van der Waals surface area contributed by atoms with E-state index in [1.165, 1.54) is 0 Å². The lowest BCUT2D eigenvalue weighted by atomic mass is 9.89. The zero-order valence-corrected chi connectivity index (χ0v) is 18.9. The summed E-state index contributed by atoms with van der Waals surface area (Å²) in [6.07, 6.45) is 1.25. The Morgan fingerprint density at radius 1 is 1.18 bits per heavy atom. The van der Waals surface area contributed by atoms with Gasteiger partial charge in [0.05, 0.1) is 0 Å². The number of halogens is 1. The number of hydrogen-bond acceptors (Lipinski definition) is 4. The third-order valence-corrected chi connectivity index (χ3v) is 5.53. The van der Waals surface area contributed by atoms with Crippen LogP contribution in [0.1, 0.15) is 49.5 Å². The number of rotatable bonds is 3. The molecule has 0 N–H and O–H groups in total. The van der Waals surface area contributed by atoms with E-state index in [1.807, 2.05) is 81.0 Å². The number of nitrogens with zero attached hydrogens (tertiary/aromatic N) is 1. The molecule has 1 fully saturated rings. The van der Waals surface area contributed by atoms with Gasteiger partial charge in [-0.2, -0.15) is 0 Å². The van der Waals surface area contributed by atoms with Crippen molar-refractivity contribution in [2.75, 3.05) is 13.1 Å². The molecule has 0 spiro atoms. The van der Waals surface area contributed by atoms with E-state index >= 15 is 0 Å². The molecule has 0 aromatic heterocycles. The van der Waals surface area contributed by atoms with Crippen molar-refractivity contribution in [3.05, 3.63) is 41.5 Å². The summed E-state index contributed by atoms with van der Waals surface area (Å²) in [7, 11) is 0. The first-order chi connectivity index (χ1) is 13.2. The number of ketones is 1. The van der Waals surface area contributed by atoms with Crippen LogP contribution in [-0.2, 0) is 4.74 Å². The first-order valence-corrected chi connectivity index (χ1v) is 10.4. The molecule has 1 aliphatic heterocycles. The van der Waals surface area contributed by atoms with Crippen molar-refractivity contribution in [1.29, 1.82) is 0 Å². The van der Waals surface area contributed by atoms with Crippen molar-refractivity contribution in [1.82, 2.24) is 4.90 Å². The minimum atomic E-state index is -0.537. The van der Waals surface area contributed by atoms with Crippen LogP contribution in [0.3, 0.4) is 0 Å². The minimum absolute atomic E-state index is 0.0852. The molecule has 0 aliphatic carbocycles. The van der Waals surface area contributed by atoms with Gasteiger partial charge in [-0.3, -0.25) is 4.79 Å². The summed E-state index contributed by atoms with van der Waals surface area (Å²) < 4.78 is 10.8. The summed E-state index contributed by atoms with van der Waals surface area (Å²) >= 11 is 1.88. The number of hydrogen-bond donors (Lipinski definition) is 0. The van der Waals surface area contributed by atoms with Crippen molar-refractivity contribution in [3.8, 4) is 5.75 Å². The lowest BCUT2D eigenvalue weighted by Gasteiger charge is -2.33. The van der Waals surface area contributed by atoms with Crippen LogP contribution in [0.4, 0.5) is 4.79 Å². The lowest BCUT2D eigenvalue weighted by molar-refractivity contribution is 0.0172. The van der Waals surface area contributed by atoms with Crippen LogP contribution in [0.25, 0.3) is 10.8 Å². The molecule has 1 heterocycles. The Bertz CT molecular complexity index is 903. The number of aryl methyl sites for hydroxylation is 1. The molecular formula is C22H26INO4. The number of Topliss-reactive ketones (excluding diaryl/α,β-unsaturated/α-hetero) is 1. The van der Waals surface area contributed by atoms with Gasteiger partial charge in [-0.25, -0.2) is 4.79 Å². The summed E-state index contributed by atoms with van der Waals surface area (Å²) in [5.74, 6) is 0.714. The number of fused-ring (bicyclic) bond motifs is 1. The number of piperidine rings is 1. The molecule has 3 rings (SSSR count). The molecule has 0 bridgehead atoms. The largest absolute Gasteiger partial charge is 0.444 e. The summed E-state index contributed by atoms with van der Waals surface area (Å²) in [6.45, 7) is 8.61. The molecule has 0 radical (unpaired) electrons. The highest BCUT2D eigenvalue weighted by molar-refractivity contribution is 14.1. The third-order valence-electron chi connectivity index (χ3n) is 5.05. The summed E-state index contributed by atoms with van der Waals surface area (Å²) in [5, 5.41) is 2.09. The van der Waals surface area contributed by atoms with Crippen LogP contribution in [0.2, 0.25) is 0 Å². The second kappa shape index (κ2) is 8.27. The van der Waals surface area contributed by atoms with E-state index in [4.69, 9.17) is 7.80 Å². The Morgan fingerprint density at radius 3 is 2.61 bits per heavy atom. The van der Waals surface area contributed by atoms with E-state index < -0.39 is 5.60 Å². The number of carbonyl (C=O) groups excluding carboxylic acids is 2. The van der Waals surface area contributed by atoms with Gasteiger partial charge in [-0.05, 0) is 69.0 Å². The van der Waals surface area contributed by atoms with E-state index in [-0.39, 0.29) is 17.8 Å². The zero-order chi connectivity index (χ0) is 20.5. The fraction of sp³-hybridized carbons (Fsp3) is 0.455. The molecule has 1 aliphatic rings. The standard InChI is InChI=1S/C22H26INO4/c1-14-18-9-7-16(12-15(18)8-10-19(14)28-23)20(25)17-6-5-11-24(13-17)21(26)27-22(2,3)4/h7-10,12,17H,5-6,11,13H2,1-4H3. The van der Waals surface area contributed by atoms with Crippen LogP contribution in [-0.4, -0.2) is 35.5 Å². The first-order valence-electron chi connectivity index (χ1n) is 9.53. The average Bonchev–Trinajstić information content (AvgIpc) is 2.66. The topological polar surface area (TPSA) is 55.8 Å². The van der Waals surface area contributed by atoms with Gasteiger partial charge < -0.3 is 12.7 Å². The Morgan fingerprint density at radius 2 is 1.93 bits per heavy atom. The fourth-order valence-corrected chi connectivity index (χ4v) is 4.10. The maximum atomic E-state index is 13.1. The normalized spacial score (nSPS) is 17.5. The van der Waals surface area contributed by atoms with Gasteiger partial charge in [0.2, 0.25) is 0 Å².